The molecule has 0 saturated heterocycles. The maximum Gasteiger partial charge on any atom is 0.192 e. The molecule has 0 aliphatic rings. The minimum absolute atomic E-state index is 0.714. The maximum atomic E-state index is 5.41. The molecule has 0 saturated carbocycles. The van der Waals surface area contributed by atoms with Gasteiger partial charge in [-0.05, 0) is 30.7 Å². The minimum atomic E-state index is 0.714. The van der Waals surface area contributed by atoms with Crippen LogP contribution < -0.4 is 5.32 Å². The molecule has 1 N–H and O–H groups in total. The van der Waals surface area contributed by atoms with Gasteiger partial charge in [-0.25, -0.2) is 4.98 Å². The zero-order valence-electron chi connectivity index (χ0n) is 8.66. The third-order valence-corrected chi connectivity index (χ3v) is 2.48. The zero-order chi connectivity index (χ0) is 10.7. The molecule has 0 fully saturated rings. The third-order valence-electron chi connectivity index (χ3n) is 2.26. The number of benzene rings is 1. The summed E-state index contributed by atoms with van der Waals surface area (Å²) in [6, 6.07) is 6.13. The van der Waals surface area contributed by atoms with Crippen molar-refractivity contribution in [3.8, 4) is 0 Å². The molecule has 1 heterocycles. The number of rotatable bonds is 4. The van der Waals surface area contributed by atoms with E-state index >= 15 is 0 Å². The highest BCUT2D eigenvalue weighted by atomic mass is 32.1. The second-order valence-corrected chi connectivity index (χ2v) is 3.76. The first-order chi connectivity index (χ1) is 7.29. The first-order valence-corrected chi connectivity index (χ1v) is 5.60. The number of hydrogen-bond donors (Lipinski definition) is 2. The van der Waals surface area contributed by atoms with E-state index < -0.39 is 0 Å². The van der Waals surface area contributed by atoms with Gasteiger partial charge in [-0.3, -0.25) is 0 Å². The van der Waals surface area contributed by atoms with Crippen LogP contribution in [0.25, 0.3) is 11.1 Å². The summed E-state index contributed by atoms with van der Waals surface area (Å²) in [4.78, 5) is 4.30. The number of fused-ring (bicyclic) bond motifs is 1. The van der Waals surface area contributed by atoms with Gasteiger partial charge in [-0.2, -0.15) is 12.6 Å². The smallest absolute Gasteiger partial charge is 0.192 e. The summed E-state index contributed by atoms with van der Waals surface area (Å²) in [5.41, 5.74) is 3.07. The van der Waals surface area contributed by atoms with Crippen LogP contribution in [-0.4, -0.2) is 17.4 Å². The molecule has 4 heteroatoms. The van der Waals surface area contributed by atoms with E-state index in [1.54, 1.807) is 0 Å². The van der Waals surface area contributed by atoms with E-state index in [0.717, 1.165) is 30.0 Å². The van der Waals surface area contributed by atoms with Crippen molar-refractivity contribution in [1.29, 1.82) is 0 Å². The Bertz CT molecular complexity index is 453. The fourth-order valence-electron chi connectivity index (χ4n) is 1.56. The van der Waals surface area contributed by atoms with E-state index in [-0.39, 0.29) is 0 Å². The number of nitrogens with zero attached hydrogens (tertiary/aromatic N) is 1. The summed E-state index contributed by atoms with van der Waals surface area (Å²) in [5.74, 6) is 1.43. The number of nitrogens with one attached hydrogen (secondary N) is 1. The van der Waals surface area contributed by atoms with Crippen molar-refractivity contribution in [3.63, 3.8) is 0 Å². The molecule has 3 nitrogen and oxygen atoms in total. The van der Waals surface area contributed by atoms with Gasteiger partial charge >= 0.3 is 0 Å². The van der Waals surface area contributed by atoms with Crippen LogP contribution in [0.15, 0.2) is 22.6 Å². The number of aryl methyl sites for hydroxylation is 1. The highest BCUT2D eigenvalue weighted by Crippen LogP contribution is 2.16. The predicted octanol–water partition coefficient (Wildman–Crippen LogP) is 2.16. The normalized spacial score (nSPS) is 11.1. The maximum absolute atomic E-state index is 5.41. The summed E-state index contributed by atoms with van der Waals surface area (Å²) in [7, 11) is 0. The quantitative estimate of drug-likeness (QED) is 0.473. The van der Waals surface area contributed by atoms with E-state index in [4.69, 9.17) is 4.42 Å². The van der Waals surface area contributed by atoms with E-state index in [0.29, 0.717) is 5.88 Å². The summed E-state index contributed by atoms with van der Waals surface area (Å²) in [6.45, 7) is 2.80. The van der Waals surface area contributed by atoms with Gasteiger partial charge < -0.3 is 9.73 Å². The Kier molecular flexibility index (Phi) is 3.28. The molecule has 2 rings (SSSR count). The fourth-order valence-corrected chi connectivity index (χ4v) is 1.71. The Morgan fingerprint density at radius 1 is 1.47 bits per heavy atom. The molecule has 1 aromatic carbocycles. The molecule has 0 spiro atoms. The average molecular weight is 222 g/mol. The Balaban J connectivity index is 2.15. The van der Waals surface area contributed by atoms with Crippen molar-refractivity contribution >= 4 is 23.7 Å². The van der Waals surface area contributed by atoms with Gasteiger partial charge in [0.05, 0.1) is 0 Å². The van der Waals surface area contributed by atoms with E-state index in [1.807, 2.05) is 13.0 Å². The van der Waals surface area contributed by atoms with E-state index in [9.17, 15) is 0 Å². The van der Waals surface area contributed by atoms with Crippen molar-refractivity contribution in [2.24, 2.45) is 0 Å². The average Bonchev–Trinajstić information content (AvgIpc) is 2.57. The molecule has 0 aliphatic carbocycles. The van der Waals surface area contributed by atoms with Crippen LogP contribution in [0.1, 0.15) is 11.5 Å². The summed E-state index contributed by atoms with van der Waals surface area (Å²) in [6.07, 6.45) is 0.988. The van der Waals surface area contributed by atoms with Crippen molar-refractivity contribution < 1.29 is 4.42 Å². The molecule has 0 unspecified atom stereocenters. The van der Waals surface area contributed by atoms with Crippen LogP contribution in [0.4, 0.5) is 0 Å². The number of oxazole rings is 1. The predicted molar refractivity (Wildman–Crippen MR) is 64.3 cm³/mol. The van der Waals surface area contributed by atoms with Crippen molar-refractivity contribution in [2.75, 3.05) is 12.4 Å². The lowest BCUT2D eigenvalue weighted by Crippen LogP contribution is -2.14. The Morgan fingerprint density at radius 3 is 3.13 bits per heavy atom. The van der Waals surface area contributed by atoms with Gasteiger partial charge in [0.1, 0.15) is 5.52 Å². The fraction of sp³-hybridized carbons (Fsp3) is 0.364. The first-order valence-electron chi connectivity index (χ1n) is 4.97. The summed E-state index contributed by atoms with van der Waals surface area (Å²) >= 11 is 4.09. The number of aromatic nitrogens is 1. The van der Waals surface area contributed by atoms with Crippen molar-refractivity contribution in [2.45, 2.75) is 13.3 Å². The summed E-state index contributed by atoms with van der Waals surface area (Å²) < 4.78 is 5.41. The lowest BCUT2D eigenvalue weighted by molar-refractivity contribution is 0.561. The summed E-state index contributed by atoms with van der Waals surface area (Å²) in [5, 5.41) is 3.17. The van der Waals surface area contributed by atoms with Crippen LogP contribution >= 0.6 is 12.6 Å². The highest BCUT2D eigenvalue weighted by molar-refractivity contribution is 7.80. The van der Waals surface area contributed by atoms with Gasteiger partial charge in [-0.1, -0.05) is 6.07 Å². The van der Waals surface area contributed by atoms with E-state index in [1.165, 1.54) is 5.56 Å². The van der Waals surface area contributed by atoms with E-state index in [2.05, 4.69) is 35.1 Å². The topological polar surface area (TPSA) is 38.1 Å². The lowest BCUT2D eigenvalue weighted by atomic mass is 10.1. The van der Waals surface area contributed by atoms with Gasteiger partial charge in [0.2, 0.25) is 0 Å². The third kappa shape index (κ3) is 2.52. The molecule has 0 amide bonds. The van der Waals surface area contributed by atoms with Gasteiger partial charge in [0, 0.05) is 12.8 Å². The highest BCUT2D eigenvalue weighted by Gasteiger charge is 2.02. The Hall–Kier alpha value is -1.00. The monoisotopic (exact) mass is 222 g/mol. The second kappa shape index (κ2) is 4.68. The van der Waals surface area contributed by atoms with Gasteiger partial charge in [0.25, 0.3) is 0 Å². The molecule has 1 aromatic heterocycles. The molecule has 2 aromatic rings. The molecular formula is C11H14N2OS. The number of thiol groups is 1. The molecule has 0 atom stereocenters. The van der Waals surface area contributed by atoms with Crippen LogP contribution in [-0.2, 0) is 6.42 Å². The SMILES string of the molecule is Cc1nc2cc(CCNCS)ccc2o1. The number of hydrogen-bond acceptors (Lipinski definition) is 4. The zero-order valence-corrected chi connectivity index (χ0v) is 9.55. The Morgan fingerprint density at radius 2 is 2.33 bits per heavy atom. The molecule has 0 bridgehead atoms. The molecule has 80 valence electrons. The van der Waals surface area contributed by atoms with Crippen LogP contribution in [0.3, 0.4) is 0 Å². The minimum Gasteiger partial charge on any atom is -0.441 e. The van der Waals surface area contributed by atoms with Crippen molar-refractivity contribution in [3.05, 3.63) is 29.7 Å². The van der Waals surface area contributed by atoms with Crippen LogP contribution in [0.5, 0.6) is 0 Å². The molecule has 0 aliphatic heterocycles. The first kappa shape index (κ1) is 10.5. The van der Waals surface area contributed by atoms with Gasteiger partial charge in [-0.15, -0.1) is 0 Å². The molecule has 0 radical (unpaired) electrons. The molecular weight excluding hydrogens is 208 g/mol. The van der Waals surface area contributed by atoms with Crippen molar-refractivity contribution in [1.82, 2.24) is 10.3 Å². The molecule has 15 heavy (non-hydrogen) atoms. The Labute approximate surface area is 94.3 Å². The van der Waals surface area contributed by atoms with Crippen LogP contribution in [0, 0.1) is 6.92 Å². The standard InChI is InChI=1S/C11H14N2OS/c1-8-13-10-6-9(4-5-12-7-15)2-3-11(10)14-8/h2-3,6,12,15H,4-5,7H2,1H3. The van der Waals surface area contributed by atoms with Crippen LogP contribution in [0.2, 0.25) is 0 Å². The lowest BCUT2D eigenvalue weighted by Gasteiger charge is -2.00. The largest absolute Gasteiger partial charge is 0.441 e. The second-order valence-electron chi connectivity index (χ2n) is 3.44. The van der Waals surface area contributed by atoms with Gasteiger partial charge in [0.15, 0.2) is 11.5 Å².